The number of piperidine rings is 1. The highest BCUT2D eigenvalue weighted by Crippen LogP contribution is 2.32. The van der Waals surface area contributed by atoms with Gasteiger partial charge in [0.15, 0.2) is 5.79 Å². The van der Waals surface area contributed by atoms with E-state index in [9.17, 15) is 9.18 Å². The first-order valence-electron chi connectivity index (χ1n) is 8.77. The smallest absolute Gasteiger partial charge is 0.318 e. The molecule has 2 aliphatic heterocycles. The van der Waals surface area contributed by atoms with Crippen LogP contribution in [0.1, 0.15) is 42.9 Å². The van der Waals surface area contributed by atoms with Crippen molar-refractivity contribution < 1.29 is 18.7 Å². The number of carbonyl (C=O) groups is 1. The third kappa shape index (κ3) is 3.00. The Labute approximate surface area is 141 Å². The lowest BCUT2D eigenvalue weighted by Crippen LogP contribution is -2.54. The molecule has 1 aromatic carbocycles. The summed E-state index contributed by atoms with van der Waals surface area (Å²) in [6, 6.07) is 4.64. The molecule has 0 radical (unpaired) electrons. The number of rotatable bonds is 1. The van der Waals surface area contributed by atoms with Gasteiger partial charge in [-0.3, -0.25) is 0 Å². The summed E-state index contributed by atoms with van der Waals surface area (Å²) in [6.07, 6.45) is 4.47. The van der Waals surface area contributed by atoms with Crippen LogP contribution in [0.25, 0.3) is 0 Å². The number of benzene rings is 1. The first-order valence-corrected chi connectivity index (χ1v) is 8.77. The molecule has 1 unspecified atom stereocenters. The topological polar surface area (TPSA) is 50.8 Å². The maximum atomic E-state index is 13.6. The van der Waals surface area contributed by atoms with Crippen molar-refractivity contribution in [2.24, 2.45) is 0 Å². The Morgan fingerprint density at radius 3 is 2.96 bits per heavy atom. The molecule has 1 atom stereocenters. The van der Waals surface area contributed by atoms with Crippen LogP contribution < -0.4 is 5.32 Å². The average molecular weight is 334 g/mol. The summed E-state index contributed by atoms with van der Waals surface area (Å²) in [6.45, 7) is 2.33. The molecule has 0 bridgehead atoms. The second-order valence-electron chi connectivity index (χ2n) is 6.87. The number of hydrogen-bond donors (Lipinski definition) is 1. The molecule has 0 aromatic heterocycles. The number of fused-ring (bicyclic) bond motifs is 1. The summed E-state index contributed by atoms with van der Waals surface area (Å²) in [5, 5.41) is 3.09. The number of aryl methyl sites for hydroxylation is 1. The Morgan fingerprint density at radius 2 is 2.12 bits per heavy atom. The van der Waals surface area contributed by atoms with Crippen molar-refractivity contribution in [2.45, 2.75) is 43.9 Å². The number of ether oxygens (including phenoxy) is 2. The van der Waals surface area contributed by atoms with Crippen LogP contribution >= 0.6 is 0 Å². The normalized spacial score (nSPS) is 25.5. The predicted octanol–water partition coefficient (Wildman–Crippen LogP) is 2.75. The summed E-state index contributed by atoms with van der Waals surface area (Å²) in [5.74, 6) is -0.869. The minimum atomic E-state index is -0.619. The largest absolute Gasteiger partial charge is 0.346 e. The number of amides is 2. The molecule has 6 heteroatoms. The van der Waals surface area contributed by atoms with Crippen LogP contribution in [0.2, 0.25) is 0 Å². The number of nitrogens with one attached hydrogen (secondary N) is 1. The lowest BCUT2D eigenvalue weighted by Gasteiger charge is -2.39. The molecule has 4 rings (SSSR count). The van der Waals surface area contributed by atoms with Gasteiger partial charge in [-0.05, 0) is 48.9 Å². The molecule has 2 heterocycles. The van der Waals surface area contributed by atoms with Crippen LogP contribution in [-0.2, 0) is 15.9 Å². The molecule has 0 saturated carbocycles. The Balaban J connectivity index is 1.46. The lowest BCUT2D eigenvalue weighted by molar-refractivity contribution is -0.182. The molecular formula is C18H23FN2O3. The highest BCUT2D eigenvalue weighted by atomic mass is 19.1. The van der Waals surface area contributed by atoms with Crippen LogP contribution in [0, 0.1) is 5.82 Å². The molecule has 2 amide bonds. The molecule has 1 spiro atoms. The summed E-state index contributed by atoms with van der Waals surface area (Å²) in [5.41, 5.74) is 2.04. The molecule has 3 aliphatic rings. The van der Waals surface area contributed by atoms with E-state index < -0.39 is 5.79 Å². The van der Waals surface area contributed by atoms with Gasteiger partial charge in [0.25, 0.3) is 0 Å². The maximum absolute atomic E-state index is 13.6. The van der Waals surface area contributed by atoms with Gasteiger partial charge < -0.3 is 19.7 Å². The lowest BCUT2D eigenvalue weighted by atomic mass is 9.87. The van der Waals surface area contributed by atoms with Crippen LogP contribution in [-0.4, -0.2) is 43.0 Å². The monoisotopic (exact) mass is 334 g/mol. The van der Waals surface area contributed by atoms with E-state index in [1.807, 2.05) is 6.07 Å². The second-order valence-corrected chi connectivity index (χ2v) is 6.87. The molecule has 130 valence electrons. The quantitative estimate of drug-likeness (QED) is 0.859. The highest BCUT2D eigenvalue weighted by Gasteiger charge is 2.42. The van der Waals surface area contributed by atoms with Crippen molar-refractivity contribution in [3.8, 4) is 0 Å². The minimum Gasteiger partial charge on any atom is -0.346 e. The summed E-state index contributed by atoms with van der Waals surface area (Å²) < 4.78 is 25.1. The SMILES string of the molecule is O=C(NC1CCCc2ccc(F)cc21)N1CCCC2(C1)OCCO2. The molecule has 5 nitrogen and oxygen atoms in total. The fourth-order valence-corrected chi connectivity index (χ4v) is 4.05. The van der Waals surface area contributed by atoms with Gasteiger partial charge in [0.2, 0.25) is 0 Å². The van der Waals surface area contributed by atoms with Crippen LogP contribution in [0.15, 0.2) is 18.2 Å². The zero-order chi connectivity index (χ0) is 16.6. The van der Waals surface area contributed by atoms with Gasteiger partial charge in [0, 0.05) is 13.0 Å². The van der Waals surface area contributed by atoms with Crippen LogP contribution in [0.5, 0.6) is 0 Å². The number of nitrogens with zero attached hydrogens (tertiary/aromatic N) is 1. The van der Waals surface area contributed by atoms with E-state index in [2.05, 4.69) is 5.32 Å². The zero-order valence-corrected chi connectivity index (χ0v) is 13.7. The van der Waals surface area contributed by atoms with Gasteiger partial charge >= 0.3 is 6.03 Å². The average Bonchev–Trinajstić information content (AvgIpc) is 3.03. The van der Waals surface area contributed by atoms with Crippen molar-refractivity contribution in [1.29, 1.82) is 0 Å². The molecule has 1 aromatic rings. The van der Waals surface area contributed by atoms with E-state index in [0.29, 0.717) is 26.3 Å². The van der Waals surface area contributed by atoms with E-state index in [1.165, 1.54) is 6.07 Å². The standard InChI is InChI=1S/C18H23FN2O3/c19-14-6-5-13-3-1-4-16(15(13)11-14)20-17(22)21-8-2-7-18(12-21)23-9-10-24-18/h5-6,11,16H,1-4,7-10,12H2,(H,20,22). The Bertz CT molecular complexity index is 631. The van der Waals surface area contributed by atoms with E-state index in [1.54, 1.807) is 11.0 Å². The number of urea groups is 1. The van der Waals surface area contributed by atoms with Crippen molar-refractivity contribution in [3.63, 3.8) is 0 Å². The van der Waals surface area contributed by atoms with E-state index in [4.69, 9.17) is 9.47 Å². The molecule has 2 fully saturated rings. The number of hydrogen-bond acceptors (Lipinski definition) is 3. The second kappa shape index (κ2) is 6.33. The van der Waals surface area contributed by atoms with Crippen molar-refractivity contribution in [1.82, 2.24) is 10.2 Å². The summed E-state index contributed by atoms with van der Waals surface area (Å²) in [7, 11) is 0. The van der Waals surface area contributed by atoms with Gasteiger partial charge in [-0.1, -0.05) is 6.07 Å². The van der Waals surface area contributed by atoms with E-state index >= 15 is 0 Å². The maximum Gasteiger partial charge on any atom is 0.318 e. The van der Waals surface area contributed by atoms with Crippen molar-refractivity contribution in [2.75, 3.05) is 26.3 Å². The van der Waals surface area contributed by atoms with Crippen LogP contribution in [0.3, 0.4) is 0 Å². The number of carbonyl (C=O) groups excluding carboxylic acids is 1. The fourth-order valence-electron chi connectivity index (χ4n) is 4.05. The van der Waals surface area contributed by atoms with Gasteiger partial charge in [-0.2, -0.15) is 0 Å². The third-order valence-corrected chi connectivity index (χ3v) is 5.24. The summed E-state index contributed by atoms with van der Waals surface area (Å²) >= 11 is 0. The predicted molar refractivity (Wildman–Crippen MR) is 86.1 cm³/mol. The minimum absolute atomic E-state index is 0.115. The van der Waals surface area contributed by atoms with Crippen LogP contribution in [0.4, 0.5) is 9.18 Å². The first kappa shape index (κ1) is 15.8. The zero-order valence-electron chi connectivity index (χ0n) is 13.7. The number of likely N-dealkylation sites (tertiary alicyclic amines) is 1. The third-order valence-electron chi connectivity index (χ3n) is 5.24. The molecule has 1 aliphatic carbocycles. The molecule has 2 saturated heterocycles. The van der Waals surface area contributed by atoms with Gasteiger partial charge in [-0.15, -0.1) is 0 Å². The van der Waals surface area contributed by atoms with Crippen molar-refractivity contribution >= 4 is 6.03 Å². The van der Waals surface area contributed by atoms with Gasteiger partial charge in [-0.25, -0.2) is 9.18 Å². The Kier molecular flexibility index (Phi) is 4.18. The first-order chi connectivity index (χ1) is 11.7. The molecule has 24 heavy (non-hydrogen) atoms. The van der Waals surface area contributed by atoms with E-state index in [0.717, 1.165) is 43.2 Å². The molecular weight excluding hydrogens is 311 g/mol. The number of halogens is 1. The summed E-state index contributed by atoms with van der Waals surface area (Å²) in [4.78, 5) is 14.5. The fraction of sp³-hybridized carbons (Fsp3) is 0.611. The van der Waals surface area contributed by atoms with E-state index in [-0.39, 0.29) is 17.9 Å². The molecule has 1 N–H and O–H groups in total. The Hall–Kier alpha value is -1.66. The van der Waals surface area contributed by atoms with Crippen molar-refractivity contribution in [3.05, 3.63) is 35.1 Å². The Morgan fingerprint density at radius 1 is 1.29 bits per heavy atom. The highest BCUT2D eigenvalue weighted by molar-refractivity contribution is 5.75. The van der Waals surface area contributed by atoms with Gasteiger partial charge in [0.1, 0.15) is 5.82 Å². The van der Waals surface area contributed by atoms with Gasteiger partial charge in [0.05, 0.1) is 25.8 Å².